The average Bonchev–Trinajstić information content (AvgIpc) is 2.40. The minimum absolute atomic E-state index is 0.113. The Hall–Kier alpha value is -1.79. The predicted molar refractivity (Wildman–Crippen MR) is 72.5 cm³/mol. The Morgan fingerprint density at radius 2 is 2.05 bits per heavy atom. The lowest BCUT2D eigenvalue weighted by Gasteiger charge is -2.47. The van der Waals surface area contributed by atoms with Gasteiger partial charge in [0, 0.05) is 18.4 Å². The summed E-state index contributed by atoms with van der Waals surface area (Å²) in [6.07, 6.45) is -1.41. The number of aliphatic hydroxyl groups excluding tert-OH is 2. The SMILES string of the molecule is COc1cc(O)c2c(c1)C1C[C@H](O)[C@@H](O)C[C@@]1(C)OC2=O. The van der Waals surface area contributed by atoms with Crippen molar-refractivity contribution in [1.29, 1.82) is 0 Å². The van der Waals surface area contributed by atoms with E-state index in [0.29, 0.717) is 11.3 Å². The van der Waals surface area contributed by atoms with E-state index in [1.807, 2.05) is 0 Å². The van der Waals surface area contributed by atoms with Crippen LogP contribution in [0.1, 0.15) is 41.6 Å². The molecule has 21 heavy (non-hydrogen) atoms. The van der Waals surface area contributed by atoms with E-state index in [-0.39, 0.29) is 30.1 Å². The minimum Gasteiger partial charge on any atom is -0.507 e. The van der Waals surface area contributed by atoms with Crippen molar-refractivity contribution in [1.82, 2.24) is 0 Å². The largest absolute Gasteiger partial charge is 0.507 e. The number of rotatable bonds is 1. The number of fused-ring (bicyclic) bond motifs is 3. The van der Waals surface area contributed by atoms with E-state index < -0.39 is 23.8 Å². The molecular formula is C15H18O6. The average molecular weight is 294 g/mol. The second-order valence-electron chi connectivity index (χ2n) is 5.94. The zero-order valence-corrected chi connectivity index (χ0v) is 11.9. The Labute approximate surface area is 121 Å². The van der Waals surface area contributed by atoms with Crippen molar-refractivity contribution in [2.24, 2.45) is 0 Å². The number of phenols is 1. The topological polar surface area (TPSA) is 96.2 Å². The standard InChI is InChI=1S/C15H18O6/c1-15-6-12(18)10(16)5-9(15)8-3-7(20-2)4-11(17)13(8)14(19)21-15/h3-4,9-10,12,16-18H,5-6H2,1-2H3/t9?,10-,12-,15+/m0/s1. The van der Waals surface area contributed by atoms with Crippen molar-refractivity contribution >= 4 is 5.97 Å². The van der Waals surface area contributed by atoms with E-state index in [1.54, 1.807) is 13.0 Å². The molecule has 1 fully saturated rings. The lowest BCUT2D eigenvalue weighted by molar-refractivity contribution is -0.116. The molecule has 3 N–H and O–H groups in total. The van der Waals surface area contributed by atoms with Crippen molar-refractivity contribution < 1.29 is 29.6 Å². The van der Waals surface area contributed by atoms with Gasteiger partial charge in [-0.15, -0.1) is 0 Å². The zero-order valence-electron chi connectivity index (χ0n) is 11.9. The molecule has 0 radical (unpaired) electrons. The Bertz CT molecular complexity index is 598. The number of carbonyl (C=O) groups is 1. The molecular weight excluding hydrogens is 276 g/mol. The van der Waals surface area contributed by atoms with Crippen LogP contribution in [-0.4, -0.2) is 46.2 Å². The van der Waals surface area contributed by atoms with Gasteiger partial charge in [0.2, 0.25) is 0 Å². The third kappa shape index (κ3) is 2.06. The third-order valence-corrected chi connectivity index (χ3v) is 4.54. The summed E-state index contributed by atoms with van der Waals surface area (Å²) in [7, 11) is 1.47. The van der Waals surface area contributed by atoms with Gasteiger partial charge in [0.05, 0.1) is 19.3 Å². The summed E-state index contributed by atoms with van der Waals surface area (Å²) in [6, 6.07) is 3.04. The maximum atomic E-state index is 12.2. The number of aromatic hydroxyl groups is 1. The van der Waals surface area contributed by atoms with E-state index in [9.17, 15) is 20.1 Å². The molecule has 1 aromatic rings. The maximum absolute atomic E-state index is 12.2. The number of phenolic OH excluding ortho intramolecular Hbond substituents is 1. The van der Waals surface area contributed by atoms with E-state index in [2.05, 4.69) is 0 Å². The Kier molecular flexibility index (Phi) is 3.11. The number of methoxy groups -OCH3 is 1. The lowest BCUT2D eigenvalue weighted by atomic mass is 9.68. The molecule has 0 bridgehead atoms. The Morgan fingerprint density at radius 1 is 1.33 bits per heavy atom. The summed E-state index contributed by atoms with van der Waals surface area (Å²) in [5.41, 5.74) is -0.194. The van der Waals surface area contributed by atoms with Gasteiger partial charge in [0.15, 0.2) is 0 Å². The summed E-state index contributed by atoms with van der Waals surface area (Å²) in [5, 5.41) is 29.8. The number of ether oxygens (including phenoxy) is 2. The maximum Gasteiger partial charge on any atom is 0.342 e. The molecule has 2 aliphatic rings. The summed E-state index contributed by atoms with van der Waals surface area (Å²) < 4.78 is 10.6. The van der Waals surface area contributed by atoms with Crippen molar-refractivity contribution in [3.05, 3.63) is 23.3 Å². The highest BCUT2D eigenvalue weighted by atomic mass is 16.6. The quantitative estimate of drug-likeness (QED) is 0.667. The van der Waals surface area contributed by atoms with Crippen LogP contribution < -0.4 is 4.74 Å². The summed E-state index contributed by atoms with van der Waals surface area (Å²) in [4.78, 5) is 12.2. The summed E-state index contributed by atoms with van der Waals surface area (Å²) in [6.45, 7) is 1.74. The molecule has 1 unspecified atom stereocenters. The fraction of sp³-hybridized carbons (Fsp3) is 0.533. The van der Waals surface area contributed by atoms with Gasteiger partial charge in [-0.3, -0.25) is 0 Å². The molecule has 6 heteroatoms. The van der Waals surface area contributed by atoms with Crippen LogP contribution in [0.4, 0.5) is 0 Å². The number of esters is 1. The summed E-state index contributed by atoms with van der Waals surface area (Å²) in [5.74, 6) is -0.682. The molecule has 1 aliphatic heterocycles. The van der Waals surface area contributed by atoms with Gasteiger partial charge in [-0.1, -0.05) is 0 Å². The van der Waals surface area contributed by atoms with Gasteiger partial charge < -0.3 is 24.8 Å². The first kappa shape index (κ1) is 14.2. The predicted octanol–water partition coefficient (Wildman–Crippen LogP) is 0.929. The second-order valence-corrected chi connectivity index (χ2v) is 5.94. The van der Waals surface area contributed by atoms with E-state index in [1.165, 1.54) is 13.2 Å². The van der Waals surface area contributed by atoms with Crippen LogP contribution in [0.25, 0.3) is 0 Å². The fourth-order valence-electron chi connectivity index (χ4n) is 3.41. The van der Waals surface area contributed by atoms with Crippen molar-refractivity contribution in [3.8, 4) is 11.5 Å². The molecule has 0 saturated heterocycles. The Morgan fingerprint density at radius 3 is 2.71 bits per heavy atom. The number of carbonyl (C=O) groups excluding carboxylic acids is 1. The van der Waals surface area contributed by atoms with Crippen LogP contribution in [0.5, 0.6) is 11.5 Å². The molecule has 3 rings (SSSR count). The normalized spacial score (nSPS) is 34.7. The minimum atomic E-state index is -0.931. The van der Waals surface area contributed by atoms with Gasteiger partial charge in [0.25, 0.3) is 0 Å². The number of aliphatic hydroxyl groups is 2. The highest BCUT2D eigenvalue weighted by Gasteiger charge is 2.52. The lowest BCUT2D eigenvalue weighted by Crippen LogP contribution is -2.52. The molecule has 0 amide bonds. The number of hydrogen-bond acceptors (Lipinski definition) is 6. The molecule has 4 atom stereocenters. The molecule has 0 aromatic heterocycles. The second kappa shape index (κ2) is 4.61. The third-order valence-electron chi connectivity index (χ3n) is 4.54. The first-order chi connectivity index (χ1) is 9.85. The molecule has 6 nitrogen and oxygen atoms in total. The van der Waals surface area contributed by atoms with Crippen molar-refractivity contribution in [2.45, 2.75) is 43.5 Å². The van der Waals surface area contributed by atoms with Gasteiger partial charge >= 0.3 is 5.97 Å². The smallest absolute Gasteiger partial charge is 0.342 e. The molecule has 1 heterocycles. The highest BCUT2D eigenvalue weighted by molar-refractivity contribution is 5.96. The van der Waals surface area contributed by atoms with E-state index in [0.717, 1.165) is 0 Å². The van der Waals surface area contributed by atoms with Crippen molar-refractivity contribution in [2.75, 3.05) is 7.11 Å². The van der Waals surface area contributed by atoms with Crippen LogP contribution in [0, 0.1) is 0 Å². The Balaban J connectivity index is 2.15. The van der Waals surface area contributed by atoms with Gasteiger partial charge in [-0.2, -0.15) is 0 Å². The van der Waals surface area contributed by atoms with Crippen molar-refractivity contribution in [3.63, 3.8) is 0 Å². The fourth-order valence-corrected chi connectivity index (χ4v) is 3.41. The first-order valence-electron chi connectivity index (χ1n) is 6.86. The molecule has 114 valence electrons. The van der Waals surface area contributed by atoms with Crippen LogP contribution in [0.2, 0.25) is 0 Å². The van der Waals surface area contributed by atoms with Gasteiger partial charge in [-0.25, -0.2) is 4.79 Å². The summed E-state index contributed by atoms with van der Waals surface area (Å²) >= 11 is 0. The van der Waals surface area contributed by atoms with E-state index in [4.69, 9.17) is 9.47 Å². The van der Waals surface area contributed by atoms with Crippen LogP contribution in [0.3, 0.4) is 0 Å². The van der Waals surface area contributed by atoms with Crippen LogP contribution in [0.15, 0.2) is 12.1 Å². The zero-order chi connectivity index (χ0) is 15.4. The van der Waals surface area contributed by atoms with E-state index >= 15 is 0 Å². The highest BCUT2D eigenvalue weighted by Crippen LogP contribution is 2.50. The van der Waals surface area contributed by atoms with Crippen LogP contribution >= 0.6 is 0 Å². The first-order valence-corrected chi connectivity index (χ1v) is 6.86. The van der Waals surface area contributed by atoms with Crippen LogP contribution in [-0.2, 0) is 4.74 Å². The molecule has 0 spiro atoms. The van der Waals surface area contributed by atoms with Gasteiger partial charge in [0.1, 0.15) is 22.7 Å². The molecule has 1 aliphatic carbocycles. The monoisotopic (exact) mass is 294 g/mol. The van der Waals surface area contributed by atoms with Gasteiger partial charge in [-0.05, 0) is 25.0 Å². The number of hydrogen-bond donors (Lipinski definition) is 3. The molecule has 1 aromatic carbocycles. The molecule has 1 saturated carbocycles. The number of benzene rings is 1.